The monoisotopic (exact) mass is 224 g/mol. The van der Waals surface area contributed by atoms with Gasteiger partial charge in [0.05, 0.1) is 0 Å². The van der Waals surface area contributed by atoms with E-state index in [9.17, 15) is 0 Å². The maximum Gasteiger partial charge on any atom is 0.0306 e. The number of nitrogens with one attached hydrogen (secondary N) is 1. The van der Waals surface area contributed by atoms with Gasteiger partial charge in [0.2, 0.25) is 0 Å². The molecule has 0 spiro atoms. The van der Waals surface area contributed by atoms with Crippen molar-refractivity contribution < 1.29 is 0 Å². The predicted molar refractivity (Wildman–Crippen MR) is 69.8 cm³/mol. The van der Waals surface area contributed by atoms with Gasteiger partial charge in [-0.15, -0.1) is 0 Å². The van der Waals surface area contributed by atoms with Gasteiger partial charge in [-0.1, -0.05) is 20.3 Å². The van der Waals surface area contributed by atoms with Crippen molar-refractivity contribution in [2.75, 3.05) is 19.6 Å². The molecule has 94 valence electrons. The van der Waals surface area contributed by atoms with Crippen LogP contribution in [0.5, 0.6) is 0 Å². The van der Waals surface area contributed by atoms with Crippen LogP contribution in [0.15, 0.2) is 0 Å². The Morgan fingerprint density at radius 3 is 2.75 bits per heavy atom. The van der Waals surface area contributed by atoms with E-state index in [4.69, 9.17) is 0 Å². The first-order valence-electron chi connectivity index (χ1n) is 7.29. The lowest BCUT2D eigenvalue weighted by atomic mass is 9.90. The molecule has 0 aromatic heterocycles. The molecule has 2 fully saturated rings. The number of hydrogen-bond acceptors (Lipinski definition) is 2. The lowest BCUT2D eigenvalue weighted by Crippen LogP contribution is -2.53. The maximum absolute atomic E-state index is 3.77. The summed E-state index contributed by atoms with van der Waals surface area (Å²) in [4.78, 5) is 2.77. The Morgan fingerprint density at radius 2 is 2.12 bits per heavy atom. The minimum atomic E-state index is 0.449. The second-order valence-corrected chi connectivity index (χ2v) is 5.69. The lowest BCUT2D eigenvalue weighted by molar-refractivity contribution is 0.102. The smallest absolute Gasteiger partial charge is 0.0306 e. The fraction of sp³-hybridized carbons (Fsp3) is 1.00. The van der Waals surface area contributed by atoms with Crippen LogP contribution in [-0.4, -0.2) is 36.1 Å². The highest BCUT2D eigenvalue weighted by Crippen LogP contribution is 2.28. The molecular formula is C14H28N2. The summed E-state index contributed by atoms with van der Waals surface area (Å²) in [6.45, 7) is 8.56. The molecule has 0 bridgehead atoms. The molecule has 2 rings (SSSR count). The van der Waals surface area contributed by atoms with Crippen LogP contribution in [0.3, 0.4) is 0 Å². The summed E-state index contributed by atoms with van der Waals surface area (Å²) in [7, 11) is 0. The van der Waals surface area contributed by atoms with E-state index in [1.54, 1.807) is 0 Å². The number of nitrogens with zero attached hydrogens (tertiary/aromatic N) is 1. The summed E-state index contributed by atoms with van der Waals surface area (Å²) < 4.78 is 0. The molecule has 16 heavy (non-hydrogen) atoms. The van der Waals surface area contributed by atoms with Gasteiger partial charge in [0.25, 0.3) is 0 Å². The highest BCUT2D eigenvalue weighted by Gasteiger charge is 2.35. The van der Waals surface area contributed by atoms with Crippen molar-refractivity contribution in [1.29, 1.82) is 0 Å². The number of piperidine rings is 1. The van der Waals surface area contributed by atoms with E-state index in [1.807, 2.05) is 0 Å². The number of likely N-dealkylation sites (tertiary alicyclic amines) is 1. The molecule has 2 saturated heterocycles. The van der Waals surface area contributed by atoms with Gasteiger partial charge in [-0.2, -0.15) is 0 Å². The molecule has 2 aliphatic heterocycles. The maximum atomic E-state index is 3.77. The summed E-state index contributed by atoms with van der Waals surface area (Å²) >= 11 is 0. The molecule has 2 aliphatic rings. The van der Waals surface area contributed by atoms with Crippen molar-refractivity contribution in [3.8, 4) is 0 Å². The molecule has 0 amide bonds. The Hall–Kier alpha value is -0.0800. The first-order chi connectivity index (χ1) is 7.79. The van der Waals surface area contributed by atoms with Gasteiger partial charge < -0.3 is 5.32 Å². The van der Waals surface area contributed by atoms with Gasteiger partial charge in [0.1, 0.15) is 0 Å². The van der Waals surface area contributed by atoms with Crippen LogP contribution >= 0.6 is 0 Å². The molecule has 0 saturated carbocycles. The molecule has 0 radical (unpaired) electrons. The predicted octanol–water partition coefficient (Wildman–Crippen LogP) is 2.78. The second kappa shape index (κ2) is 5.50. The average molecular weight is 224 g/mol. The number of hydrogen-bond donors (Lipinski definition) is 1. The Labute approximate surface area is 101 Å². The van der Waals surface area contributed by atoms with Crippen LogP contribution in [0, 0.1) is 0 Å². The van der Waals surface area contributed by atoms with Crippen LogP contribution in [0.2, 0.25) is 0 Å². The van der Waals surface area contributed by atoms with Crippen LogP contribution in [-0.2, 0) is 0 Å². The minimum Gasteiger partial charge on any atom is -0.310 e. The van der Waals surface area contributed by atoms with Crippen LogP contribution < -0.4 is 5.32 Å². The largest absolute Gasteiger partial charge is 0.310 e. The molecule has 2 unspecified atom stereocenters. The van der Waals surface area contributed by atoms with Gasteiger partial charge in [-0.3, -0.25) is 4.90 Å². The summed E-state index contributed by atoms with van der Waals surface area (Å²) in [5.74, 6) is 0. The third-order valence-electron chi connectivity index (χ3n) is 4.73. The van der Waals surface area contributed by atoms with Crippen molar-refractivity contribution in [3.63, 3.8) is 0 Å². The molecule has 2 heteroatoms. The zero-order valence-corrected chi connectivity index (χ0v) is 11.1. The van der Waals surface area contributed by atoms with Gasteiger partial charge in [0, 0.05) is 18.1 Å². The summed E-state index contributed by atoms with van der Waals surface area (Å²) in [5.41, 5.74) is 0.449. The summed E-state index contributed by atoms with van der Waals surface area (Å²) in [6, 6.07) is 0.861. The molecule has 1 N–H and O–H groups in total. The van der Waals surface area contributed by atoms with E-state index < -0.39 is 0 Å². The highest BCUT2D eigenvalue weighted by molar-refractivity contribution is 4.96. The van der Waals surface area contributed by atoms with E-state index in [0.717, 1.165) is 6.04 Å². The Balaban J connectivity index is 1.95. The Bertz CT molecular complexity index is 209. The fourth-order valence-electron chi connectivity index (χ4n) is 3.54. The zero-order valence-electron chi connectivity index (χ0n) is 11.1. The Kier molecular flexibility index (Phi) is 4.26. The van der Waals surface area contributed by atoms with Crippen LogP contribution in [0.25, 0.3) is 0 Å². The zero-order chi connectivity index (χ0) is 11.4. The molecule has 2 heterocycles. The first kappa shape index (κ1) is 12.4. The average Bonchev–Trinajstić information content (AvgIpc) is 2.79. The Morgan fingerprint density at radius 1 is 1.25 bits per heavy atom. The molecule has 2 atom stereocenters. The van der Waals surface area contributed by atoms with Crippen molar-refractivity contribution in [3.05, 3.63) is 0 Å². The van der Waals surface area contributed by atoms with Crippen molar-refractivity contribution in [2.24, 2.45) is 0 Å². The fourth-order valence-corrected chi connectivity index (χ4v) is 3.54. The van der Waals surface area contributed by atoms with Crippen molar-refractivity contribution in [2.45, 2.75) is 70.4 Å². The van der Waals surface area contributed by atoms with E-state index in [-0.39, 0.29) is 0 Å². The summed E-state index contributed by atoms with van der Waals surface area (Å²) in [6.07, 6.45) is 9.67. The SMILES string of the molecule is CCC1CCCCN1CC1(CC)CCCN1. The molecule has 0 aromatic carbocycles. The van der Waals surface area contributed by atoms with Gasteiger partial charge in [0.15, 0.2) is 0 Å². The highest BCUT2D eigenvalue weighted by atomic mass is 15.2. The standard InChI is InChI=1S/C14H28N2/c1-3-13-8-5-6-11-16(13)12-14(4-2)9-7-10-15-14/h13,15H,3-12H2,1-2H3. The van der Waals surface area contributed by atoms with Crippen molar-refractivity contribution >= 4 is 0 Å². The van der Waals surface area contributed by atoms with E-state index in [2.05, 4.69) is 24.1 Å². The van der Waals surface area contributed by atoms with Crippen LogP contribution in [0.1, 0.15) is 58.8 Å². The first-order valence-corrected chi connectivity index (χ1v) is 7.29. The van der Waals surface area contributed by atoms with E-state index in [1.165, 1.54) is 64.6 Å². The quantitative estimate of drug-likeness (QED) is 0.790. The van der Waals surface area contributed by atoms with E-state index in [0.29, 0.717) is 5.54 Å². The summed E-state index contributed by atoms with van der Waals surface area (Å²) in [5, 5.41) is 3.77. The lowest BCUT2D eigenvalue weighted by Gasteiger charge is -2.41. The topological polar surface area (TPSA) is 15.3 Å². The molecule has 2 nitrogen and oxygen atoms in total. The molecule has 0 aliphatic carbocycles. The van der Waals surface area contributed by atoms with Crippen molar-refractivity contribution in [1.82, 2.24) is 10.2 Å². The number of rotatable bonds is 4. The third-order valence-corrected chi connectivity index (χ3v) is 4.73. The minimum absolute atomic E-state index is 0.449. The van der Waals surface area contributed by atoms with Gasteiger partial charge >= 0.3 is 0 Å². The van der Waals surface area contributed by atoms with E-state index >= 15 is 0 Å². The van der Waals surface area contributed by atoms with Gasteiger partial charge in [-0.25, -0.2) is 0 Å². The second-order valence-electron chi connectivity index (χ2n) is 5.69. The third kappa shape index (κ3) is 2.60. The van der Waals surface area contributed by atoms with Gasteiger partial charge in [-0.05, 0) is 51.6 Å². The normalized spacial score (nSPS) is 36.8. The molecular weight excluding hydrogens is 196 g/mol. The molecule has 0 aromatic rings. The van der Waals surface area contributed by atoms with Crippen LogP contribution in [0.4, 0.5) is 0 Å².